The van der Waals surface area contributed by atoms with Crippen LogP contribution in [0.4, 0.5) is 0 Å². The van der Waals surface area contributed by atoms with Crippen LogP contribution < -0.4 is 0 Å². The summed E-state index contributed by atoms with van der Waals surface area (Å²) in [6, 6.07) is 0. The molecule has 0 bridgehead atoms. The average Bonchev–Trinajstić information content (AvgIpc) is 2.12. The van der Waals surface area contributed by atoms with Gasteiger partial charge < -0.3 is 5.11 Å². The molecule has 2 nitrogen and oxygen atoms in total. The topological polar surface area (TPSA) is 32.6 Å². The van der Waals surface area contributed by atoms with Gasteiger partial charge in [0.25, 0.3) is 0 Å². The Morgan fingerprint density at radius 3 is 2.57 bits per heavy atom. The molecule has 0 aromatic heterocycles. The van der Waals surface area contributed by atoms with Crippen LogP contribution >= 0.6 is 0 Å². The summed E-state index contributed by atoms with van der Waals surface area (Å²) in [6.45, 7) is 6.95. The molecule has 0 radical (unpaired) electrons. The van der Waals surface area contributed by atoms with Gasteiger partial charge in [0.2, 0.25) is 0 Å². The zero-order valence-electron chi connectivity index (χ0n) is 9.45. The monoisotopic (exact) mass is 195 g/mol. The molecule has 0 saturated heterocycles. The fourth-order valence-corrected chi connectivity index (χ4v) is 0.984. The average molecular weight is 195 g/mol. The van der Waals surface area contributed by atoms with Crippen LogP contribution in [-0.4, -0.2) is 24.5 Å². The Morgan fingerprint density at radius 2 is 2.00 bits per heavy atom. The van der Waals surface area contributed by atoms with Crippen molar-refractivity contribution in [3.63, 3.8) is 0 Å². The number of rotatable bonds is 6. The van der Waals surface area contributed by atoms with Gasteiger partial charge in [-0.3, -0.25) is 4.99 Å². The number of aliphatic hydroxyl groups excluding tert-OH is 1. The van der Waals surface area contributed by atoms with Crippen molar-refractivity contribution in [1.82, 2.24) is 0 Å². The van der Waals surface area contributed by atoms with Crippen molar-refractivity contribution in [3.05, 3.63) is 23.3 Å². The second kappa shape index (κ2) is 8.70. The molecule has 0 spiro atoms. The van der Waals surface area contributed by atoms with Crippen molar-refractivity contribution >= 4 is 6.21 Å². The first-order chi connectivity index (χ1) is 6.66. The normalized spacial score (nSPS) is 12.1. The minimum atomic E-state index is 0.126. The van der Waals surface area contributed by atoms with Crippen molar-refractivity contribution in [2.75, 3.05) is 13.2 Å². The lowest BCUT2D eigenvalue weighted by Gasteiger charge is -1.96. The van der Waals surface area contributed by atoms with Gasteiger partial charge in [-0.25, -0.2) is 0 Å². The summed E-state index contributed by atoms with van der Waals surface area (Å²) < 4.78 is 0. The molecule has 0 amide bonds. The first-order valence-electron chi connectivity index (χ1n) is 5.06. The molecule has 80 valence electrons. The van der Waals surface area contributed by atoms with Crippen molar-refractivity contribution < 1.29 is 5.11 Å². The minimum Gasteiger partial charge on any atom is -0.394 e. The zero-order valence-corrected chi connectivity index (χ0v) is 9.45. The van der Waals surface area contributed by atoms with Crippen molar-refractivity contribution in [2.24, 2.45) is 4.99 Å². The molecule has 0 aromatic carbocycles. The maximum Gasteiger partial charge on any atom is 0.0626 e. The van der Waals surface area contributed by atoms with Crippen LogP contribution in [0.5, 0.6) is 0 Å². The van der Waals surface area contributed by atoms with Crippen molar-refractivity contribution in [1.29, 1.82) is 0 Å². The standard InChI is InChI=1S/C12H21NO/c1-11(2)5-4-6-12(3)7-8-13-9-10-14/h5,7-8,14H,4,6,9-10H2,1-3H3/b12-7+,13-8+. The fourth-order valence-electron chi connectivity index (χ4n) is 0.984. The Labute approximate surface area is 87.1 Å². The first kappa shape index (κ1) is 13.1. The molecular weight excluding hydrogens is 174 g/mol. The molecular formula is C12H21NO. The predicted molar refractivity (Wildman–Crippen MR) is 62.9 cm³/mol. The summed E-state index contributed by atoms with van der Waals surface area (Å²) in [7, 11) is 0. The minimum absolute atomic E-state index is 0.126. The Bertz CT molecular complexity index is 222. The number of hydrogen-bond acceptors (Lipinski definition) is 2. The highest BCUT2D eigenvalue weighted by Gasteiger charge is 1.86. The van der Waals surface area contributed by atoms with Crippen LogP contribution in [0.25, 0.3) is 0 Å². The molecule has 0 heterocycles. The quantitative estimate of drug-likeness (QED) is 0.513. The smallest absolute Gasteiger partial charge is 0.0626 e. The predicted octanol–water partition coefficient (Wildman–Crippen LogP) is 2.74. The first-order valence-corrected chi connectivity index (χ1v) is 5.06. The zero-order chi connectivity index (χ0) is 10.8. The van der Waals surface area contributed by atoms with E-state index >= 15 is 0 Å². The van der Waals surface area contributed by atoms with E-state index in [0.717, 1.165) is 12.8 Å². The largest absolute Gasteiger partial charge is 0.394 e. The summed E-state index contributed by atoms with van der Waals surface area (Å²) in [6.07, 6.45) is 8.19. The van der Waals surface area contributed by atoms with E-state index in [1.165, 1.54) is 11.1 Å². The van der Waals surface area contributed by atoms with E-state index in [1.54, 1.807) is 6.21 Å². The van der Waals surface area contributed by atoms with E-state index < -0.39 is 0 Å². The molecule has 0 atom stereocenters. The van der Waals surface area contributed by atoms with Gasteiger partial charge in [0, 0.05) is 6.21 Å². The second-order valence-electron chi connectivity index (χ2n) is 3.61. The lowest BCUT2D eigenvalue weighted by Crippen LogP contribution is -1.86. The van der Waals surface area contributed by atoms with Crippen LogP contribution in [-0.2, 0) is 0 Å². The van der Waals surface area contributed by atoms with E-state index in [4.69, 9.17) is 5.11 Å². The van der Waals surface area contributed by atoms with Crippen LogP contribution in [0.3, 0.4) is 0 Å². The summed E-state index contributed by atoms with van der Waals surface area (Å²) >= 11 is 0. The number of allylic oxidation sites excluding steroid dienone is 4. The molecule has 14 heavy (non-hydrogen) atoms. The van der Waals surface area contributed by atoms with E-state index in [-0.39, 0.29) is 6.61 Å². The highest BCUT2D eigenvalue weighted by Crippen LogP contribution is 2.05. The Kier molecular flexibility index (Phi) is 8.14. The van der Waals surface area contributed by atoms with E-state index in [9.17, 15) is 0 Å². The summed E-state index contributed by atoms with van der Waals surface area (Å²) in [5, 5.41) is 8.49. The van der Waals surface area contributed by atoms with Gasteiger partial charge in [-0.05, 0) is 39.7 Å². The van der Waals surface area contributed by atoms with Gasteiger partial charge in [-0.2, -0.15) is 0 Å². The van der Waals surface area contributed by atoms with Crippen LogP contribution in [0.2, 0.25) is 0 Å². The maximum absolute atomic E-state index is 8.49. The number of hydrogen-bond donors (Lipinski definition) is 1. The van der Waals surface area contributed by atoms with Gasteiger partial charge in [0.05, 0.1) is 13.2 Å². The van der Waals surface area contributed by atoms with Crippen LogP contribution in [0.15, 0.2) is 28.3 Å². The third kappa shape index (κ3) is 9.20. The lowest BCUT2D eigenvalue weighted by atomic mass is 10.1. The van der Waals surface area contributed by atoms with Crippen molar-refractivity contribution in [2.45, 2.75) is 33.6 Å². The van der Waals surface area contributed by atoms with Gasteiger partial charge >= 0.3 is 0 Å². The summed E-state index contributed by atoms with van der Waals surface area (Å²) in [5.41, 5.74) is 2.69. The number of aliphatic imine (C=N–C) groups is 1. The fraction of sp³-hybridized carbons (Fsp3) is 0.583. The van der Waals surface area contributed by atoms with E-state index in [0.29, 0.717) is 6.54 Å². The molecule has 0 aliphatic heterocycles. The molecule has 0 aliphatic carbocycles. The molecule has 0 aromatic rings. The highest BCUT2D eigenvalue weighted by atomic mass is 16.3. The Hall–Kier alpha value is -0.890. The molecule has 0 unspecified atom stereocenters. The number of aliphatic hydroxyl groups is 1. The van der Waals surface area contributed by atoms with Gasteiger partial charge in [-0.1, -0.05) is 17.2 Å². The molecule has 0 rings (SSSR count). The Morgan fingerprint density at radius 1 is 1.29 bits per heavy atom. The van der Waals surface area contributed by atoms with E-state index in [2.05, 4.69) is 31.8 Å². The SMILES string of the molecule is CC(C)=CCC/C(C)=C/C=N/CCO. The van der Waals surface area contributed by atoms with E-state index in [1.807, 2.05) is 6.08 Å². The maximum atomic E-state index is 8.49. The van der Waals surface area contributed by atoms with Crippen molar-refractivity contribution in [3.8, 4) is 0 Å². The molecule has 0 saturated carbocycles. The van der Waals surface area contributed by atoms with Crippen LogP contribution in [0, 0.1) is 0 Å². The lowest BCUT2D eigenvalue weighted by molar-refractivity contribution is 0.307. The molecule has 2 heteroatoms. The molecule has 0 aliphatic rings. The summed E-state index contributed by atoms with van der Waals surface area (Å²) in [4.78, 5) is 4.01. The highest BCUT2D eigenvalue weighted by molar-refractivity contribution is 5.71. The molecule has 1 N–H and O–H groups in total. The number of nitrogens with zero attached hydrogens (tertiary/aromatic N) is 1. The third-order valence-corrected chi connectivity index (χ3v) is 1.78. The summed E-state index contributed by atoms with van der Waals surface area (Å²) in [5.74, 6) is 0. The van der Waals surface area contributed by atoms with Crippen LogP contribution in [0.1, 0.15) is 33.6 Å². The van der Waals surface area contributed by atoms with Gasteiger partial charge in [-0.15, -0.1) is 0 Å². The Balaban J connectivity index is 3.72. The van der Waals surface area contributed by atoms with Gasteiger partial charge in [0.15, 0.2) is 0 Å². The van der Waals surface area contributed by atoms with Gasteiger partial charge in [0.1, 0.15) is 0 Å². The molecule has 0 fully saturated rings. The second-order valence-corrected chi connectivity index (χ2v) is 3.61. The third-order valence-electron chi connectivity index (χ3n) is 1.78.